The normalized spacial score (nSPS) is 9.43. The van der Waals surface area contributed by atoms with Gasteiger partial charge < -0.3 is 11.1 Å². The zero-order valence-corrected chi connectivity index (χ0v) is 11.8. The maximum atomic E-state index is 11.9. The molecule has 2 aromatic rings. The highest BCUT2D eigenvalue weighted by Crippen LogP contribution is 2.20. The van der Waals surface area contributed by atoms with E-state index in [2.05, 4.69) is 27.5 Å². The maximum absolute atomic E-state index is 11.9. The van der Waals surface area contributed by atoms with Gasteiger partial charge >= 0.3 is 6.03 Å². The number of nitrogens with zero attached hydrogens (tertiary/aromatic N) is 1. The molecule has 2 rings (SSSR count). The van der Waals surface area contributed by atoms with Crippen LogP contribution in [0.5, 0.6) is 0 Å². The van der Waals surface area contributed by atoms with Gasteiger partial charge in [0.25, 0.3) is 0 Å². The van der Waals surface area contributed by atoms with Gasteiger partial charge in [-0.25, -0.2) is 9.78 Å². The number of hydrogen-bond acceptors (Lipinski definition) is 3. The van der Waals surface area contributed by atoms with Crippen LogP contribution < -0.4 is 16.4 Å². The van der Waals surface area contributed by atoms with Gasteiger partial charge in [-0.15, -0.1) is 0 Å². The molecule has 6 heteroatoms. The predicted molar refractivity (Wildman–Crippen MR) is 84.3 cm³/mol. The molecule has 0 saturated heterocycles. The Morgan fingerprint density at radius 1 is 1.19 bits per heavy atom. The van der Waals surface area contributed by atoms with Gasteiger partial charge in [0.05, 0.1) is 17.3 Å². The van der Waals surface area contributed by atoms with Crippen molar-refractivity contribution in [2.45, 2.75) is 0 Å². The van der Waals surface area contributed by atoms with Gasteiger partial charge in [0.1, 0.15) is 11.5 Å². The highest BCUT2D eigenvalue weighted by Gasteiger charge is 2.06. The highest BCUT2D eigenvalue weighted by atomic mass is 35.5. The van der Waals surface area contributed by atoms with Crippen molar-refractivity contribution in [2.75, 3.05) is 17.2 Å². The smallest absolute Gasteiger partial charge is 0.320 e. The van der Waals surface area contributed by atoms with Crippen LogP contribution in [-0.2, 0) is 0 Å². The van der Waals surface area contributed by atoms with E-state index in [1.54, 1.807) is 42.5 Å². The van der Waals surface area contributed by atoms with Crippen LogP contribution in [0.2, 0.25) is 5.02 Å². The van der Waals surface area contributed by atoms with Crippen molar-refractivity contribution in [1.82, 2.24) is 4.98 Å². The minimum atomic E-state index is -0.431. The molecule has 0 aliphatic rings. The molecule has 0 atom stereocenters. The number of anilines is 2. The Kier molecular flexibility index (Phi) is 5.16. The van der Waals surface area contributed by atoms with E-state index in [0.717, 1.165) is 0 Å². The number of nitrogens with one attached hydrogen (secondary N) is 2. The Morgan fingerprint density at radius 3 is 2.76 bits per heavy atom. The van der Waals surface area contributed by atoms with Crippen LogP contribution in [0.3, 0.4) is 0 Å². The second-order valence-corrected chi connectivity index (χ2v) is 4.38. The molecule has 0 aliphatic carbocycles. The van der Waals surface area contributed by atoms with Gasteiger partial charge in [-0.2, -0.15) is 0 Å². The van der Waals surface area contributed by atoms with Crippen molar-refractivity contribution in [2.24, 2.45) is 5.73 Å². The first-order valence-corrected chi connectivity index (χ1v) is 6.55. The summed E-state index contributed by atoms with van der Waals surface area (Å²) >= 11 is 5.97. The Balaban J connectivity index is 2.04. The van der Waals surface area contributed by atoms with Gasteiger partial charge in [-0.3, -0.25) is 5.32 Å². The molecule has 1 heterocycles. The molecule has 21 heavy (non-hydrogen) atoms. The van der Waals surface area contributed by atoms with Crippen molar-refractivity contribution in [1.29, 1.82) is 0 Å². The number of aromatic nitrogens is 1. The van der Waals surface area contributed by atoms with Gasteiger partial charge in [0.15, 0.2) is 0 Å². The molecule has 4 N–H and O–H groups in total. The second kappa shape index (κ2) is 7.29. The van der Waals surface area contributed by atoms with Gasteiger partial charge in [0, 0.05) is 0 Å². The van der Waals surface area contributed by atoms with E-state index in [4.69, 9.17) is 17.3 Å². The van der Waals surface area contributed by atoms with Gasteiger partial charge in [0.2, 0.25) is 0 Å². The Hall–Kier alpha value is -2.55. The van der Waals surface area contributed by atoms with E-state index >= 15 is 0 Å². The first-order valence-electron chi connectivity index (χ1n) is 6.17. The number of rotatable bonds is 2. The standard InChI is InChI=1S/C15H13ClN4O/c16-12-7-1-2-8-13(12)19-15(21)20-14-9-3-5-11(18-14)6-4-10-17/h1-3,5,7-9H,10,17H2,(H2,18,19,20,21). The average Bonchev–Trinajstić information content (AvgIpc) is 2.48. The van der Waals surface area contributed by atoms with E-state index in [0.29, 0.717) is 22.2 Å². The molecule has 0 radical (unpaired) electrons. The minimum Gasteiger partial charge on any atom is -0.320 e. The summed E-state index contributed by atoms with van der Waals surface area (Å²) in [4.78, 5) is 16.1. The molecule has 0 unspecified atom stereocenters. The number of nitrogens with two attached hydrogens (primary N) is 1. The minimum absolute atomic E-state index is 0.256. The maximum Gasteiger partial charge on any atom is 0.324 e. The van der Waals surface area contributed by atoms with Crippen LogP contribution in [0.25, 0.3) is 0 Å². The number of carbonyl (C=O) groups excluding carboxylic acids is 1. The zero-order chi connectivity index (χ0) is 15.1. The lowest BCUT2D eigenvalue weighted by molar-refractivity contribution is 0.262. The summed E-state index contributed by atoms with van der Waals surface area (Å²) in [6, 6.07) is 11.7. The van der Waals surface area contributed by atoms with E-state index in [-0.39, 0.29) is 6.54 Å². The number of para-hydroxylation sites is 1. The molecule has 0 saturated carbocycles. The first-order chi connectivity index (χ1) is 10.2. The largest absolute Gasteiger partial charge is 0.324 e. The number of carbonyl (C=O) groups is 1. The number of pyridine rings is 1. The monoisotopic (exact) mass is 300 g/mol. The molecule has 1 aromatic carbocycles. The lowest BCUT2D eigenvalue weighted by Gasteiger charge is -2.08. The van der Waals surface area contributed by atoms with Crippen molar-refractivity contribution in [3.05, 3.63) is 53.2 Å². The Bertz CT molecular complexity index is 706. The third-order valence-electron chi connectivity index (χ3n) is 2.43. The third kappa shape index (κ3) is 4.49. The van der Waals surface area contributed by atoms with E-state index in [9.17, 15) is 4.79 Å². The lowest BCUT2D eigenvalue weighted by atomic mass is 10.3. The first kappa shape index (κ1) is 14.9. The summed E-state index contributed by atoms with van der Waals surface area (Å²) in [5, 5.41) is 5.72. The SMILES string of the molecule is NCC#Cc1cccc(NC(=O)Nc2ccccc2Cl)n1. The molecule has 0 bridgehead atoms. The number of halogens is 1. The van der Waals surface area contributed by atoms with Crippen LogP contribution in [-0.4, -0.2) is 17.6 Å². The molecule has 1 aromatic heterocycles. The Morgan fingerprint density at radius 2 is 2.00 bits per heavy atom. The average molecular weight is 301 g/mol. The fraction of sp³-hybridized carbons (Fsp3) is 0.0667. The van der Waals surface area contributed by atoms with E-state index < -0.39 is 6.03 Å². The third-order valence-corrected chi connectivity index (χ3v) is 2.76. The van der Waals surface area contributed by atoms with Crippen molar-refractivity contribution >= 4 is 29.1 Å². The van der Waals surface area contributed by atoms with Crippen LogP contribution in [0.4, 0.5) is 16.3 Å². The van der Waals surface area contributed by atoms with Gasteiger partial charge in [-0.1, -0.05) is 35.7 Å². The quantitative estimate of drug-likeness (QED) is 0.746. The van der Waals surface area contributed by atoms with Gasteiger partial charge in [-0.05, 0) is 30.2 Å². The molecule has 0 spiro atoms. The number of urea groups is 1. The van der Waals surface area contributed by atoms with Crippen molar-refractivity contribution in [3.63, 3.8) is 0 Å². The highest BCUT2D eigenvalue weighted by molar-refractivity contribution is 6.33. The molecular formula is C15H13ClN4O. The van der Waals surface area contributed by atoms with Crippen molar-refractivity contribution < 1.29 is 4.79 Å². The summed E-state index contributed by atoms with van der Waals surface area (Å²) in [7, 11) is 0. The second-order valence-electron chi connectivity index (χ2n) is 3.97. The van der Waals surface area contributed by atoms with E-state index in [1.165, 1.54) is 0 Å². The summed E-state index contributed by atoms with van der Waals surface area (Å²) in [6.07, 6.45) is 0. The molecular weight excluding hydrogens is 288 g/mol. The van der Waals surface area contributed by atoms with Crippen LogP contribution in [0.1, 0.15) is 5.69 Å². The lowest BCUT2D eigenvalue weighted by Crippen LogP contribution is -2.20. The van der Waals surface area contributed by atoms with Crippen LogP contribution >= 0.6 is 11.6 Å². The number of hydrogen-bond donors (Lipinski definition) is 3. The zero-order valence-electron chi connectivity index (χ0n) is 11.1. The topological polar surface area (TPSA) is 80.0 Å². The summed E-state index contributed by atoms with van der Waals surface area (Å²) in [5.74, 6) is 5.89. The molecule has 0 fully saturated rings. The molecule has 2 amide bonds. The Labute approximate surface area is 127 Å². The fourth-order valence-electron chi connectivity index (χ4n) is 1.55. The summed E-state index contributed by atoms with van der Waals surface area (Å²) in [5.41, 5.74) is 6.36. The van der Waals surface area contributed by atoms with E-state index in [1.807, 2.05) is 0 Å². The molecule has 106 valence electrons. The molecule has 5 nitrogen and oxygen atoms in total. The summed E-state index contributed by atoms with van der Waals surface area (Å²) < 4.78 is 0. The summed E-state index contributed by atoms with van der Waals surface area (Å²) in [6.45, 7) is 0.256. The number of benzene rings is 1. The predicted octanol–water partition coefficient (Wildman–Crippen LogP) is 2.69. The van der Waals surface area contributed by atoms with Crippen LogP contribution in [0, 0.1) is 11.8 Å². The van der Waals surface area contributed by atoms with Crippen LogP contribution in [0.15, 0.2) is 42.5 Å². The molecule has 0 aliphatic heterocycles. The van der Waals surface area contributed by atoms with Crippen molar-refractivity contribution in [3.8, 4) is 11.8 Å². The number of amides is 2. The fourth-order valence-corrected chi connectivity index (χ4v) is 1.73.